The summed E-state index contributed by atoms with van der Waals surface area (Å²) in [7, 11) is 2.78. The number of ether oxygens (including phenoxy) is 2. The summed E-state index contributed by atoms with van der Waals surface area (Å²) >= 11 is 0. The fourth-order valence-corrected chi connectivity index (χ4v) is 5.12. The Morgan fingerprint density at radius 3 is 2.05 bits per heavy atom. The molecule has 3 unspecified atom stereocenters. The van der Waals surface area contributed by atoms with Crippen LogP contribution in [0, 0.1) is 5.92 Å². The number of hydrogen-bond acceptors (Lipinski definition) is 8. The first-order chi connectivity index (χ1) is 20.0. The first-order valence-corrected chi connectivity index (χ1v) is 16.0. The molecule has 244 valence electrons. The second-order valence-electron chi connectivity index (χ2n) is 12.0. The molecule has 10 heteroatoms. The molecule has 0 spiro atoms. The van der Waals surface area contributed by atoms with Gasteiger partial charge in [-0.2, -0.15) is 0 Å². The average Bonchev–Trinajstić information content (AvgIpc) is 3.07. The van der Waals surface area contributed by atoms with Crippen LogP contribution in [0.2, 0.25) is 0 Å². The highest BCUT2D eigenvalue weighted by Gasteiger charge is 2.38. The molecule has 10 nitrogen and oxygen atoms in total. The Labute approximate surface area is 253 Å². The summed E-state index contributed by atoms with van der Waals surface area (Å²) in [4.78, 5) is 39.7. The van der Waals surface area contributed by atoms with Gasteiger partial charge in [-0.05, 0) is 25.2 Å². The van der Waals surface area contributed by atoms with Crippen LogP contribution in [0.3, 0.4) is 0 Å². The van der Waals surface area contributed by atoms with Crippen LogP contribution in [0.15, 0.2) is 12.2 Å². The summed E-state index contributed by atoms with van der Waals surface area (Å²) in [6.45, 7) is 6.23. The fourth-order valence-electron chi connectivity index (χ4n) is 5.12. The van der Waals surface area contributed by atoms with Crippen LogP contribution in [0.1, 0.15) is 111 Å². The molecule has 0 aromatic rings. The smallest absolute Gasteiger partial charge is 0.306 e. The van der Waals surface area contributed by atoms with Crippen LogP contribution >= 0.6 is 0 Å². The first kappa shape index (κ1) is 38.0. The largest absolute Gasteiger partial charge is 0.460 e. The fraction of sp³-hybridized carbons (Fsp3) is 0.844. The van der Waals surface area contributed by atoms with E-state index in [2.05, 4.69) is 12.2 Å². The normalized spacial score (nSPS) is 20.8. The Kier molecular flexibility index (Phi) is 19.6. The van der Waals surface area contributed by atoms with Crippen molar-refractivity contribution in [2.75, 3.05) is 20.7 Å². The average molecular weight is 599 g/mol. The number of likely N-dealkylation sites (N-methyl/N-ethyl adjacent to an activating group) is 1. The third-order valence-corrected chi connectivity index (χ3v) is 7.74. The van der Waals surface area contributed by atoms with Gasteiger partial charge in [-0.3, -0.25) is 14.4 Å². The maximum Gasteiger partial charge on any atom is 0.306 e. The van der Waals surface area contributed by atoms with Crippen molar-refractivity contribution in [2.45, 2.75) is 147 Å². The van der Waals surface area contributed by atoms with Crippen molar-refractivity contribution in [3.8, 4) is 0 Å². The minimum atomic E-state index is -1.73. The minimum absolute atomic E-state index is 0.122. The van der Waals surface area contributed by atoms with Crippen LogP contribution in [-0.4, -0.2) is 95.3 Å². The standard InChI is InChI=1S/C32H58N2O8/c1-6-7-8-9-10-11-12-13-14-15-16-17-27(36)42-24-19-20-25(32(40)34(4)22-24)33-31(39)30(41-5)29(38)28(37)26(35)21-18-23(2)3/h18,21,23-26,28-30,35,37-38H,6-17,19-20,22H2,1-5H3,(H,33,39)/t24-,25-,26?,28?,29?,30+/m0/s1. The molecule has 1 fully saturated rings. The predicted molar refractivity (Wildman–Crippen MR) is 163 cm³/mol. The molecule has 4 N–H and O–H groups in total. The zero-order valence-electron chi connectivity index (χ0n) is 26.6. The Bertz CT molecular complexity index is 805. The van der Waals surface area contributed by atoms with E-state index in [9.17, 15) is 29.7 Å². The van der Waals surface area contributed by atoms with E-state index in [1.807, 2.05) is 13.8 Å². The summed E-state index contributed by atoms with van der Waals surface area (Å²) in [5.41, 5.74) is 0. The molecular formula is C32H58N2O8. The molecule has 0 radical (unpaired) electrons. The number of esters is 1. The number of rotatable bonds is 21. The number of aliphatic hydroxyl groups is 3. The van der Waals surface area contributed by atoms with Gasteiger partial charge in [-0.25, -0.2) is 0 Å². The van der Waals surface area contributed by atoms with E-state index in [1.165, 1.54) is 69.5 Å². The number of hydrogen-bond donors (Lipinski definition) is 4. The van der Waals surface area contributed by atoms with Gasteiger partial charge in [-0.15, -0.1) is 0 Å². The summed E-state index contributed by atoms with van der Waals surface area (Å²) in [5.74, 6) is -1.29. The van der Waals surface area contributed by atoms with Gasteiger partial charge >= 0.3 is 5.97 Å². The molecular weight excluding hydrogens is 540 g/mol. The predicted octanol–water partition coefficient (Wildman–Crippen LogP) is 3.65. The lowest BCUT2D eigenvalue weighted by Crippen LogP contribution is -2.55. The summed E-state index contributed by atoms with van der Waals surface area (Å²) < 4.78 is 10.8. The lowest BCUT2D eigenvalue weighted by molar-refractivity contribution is -0.151. The molecule has 1 heterocycles. The zero-order valence-corrected chi connectivity index (χ0v) is 26.6. The van der Waals surface area contributed by atoms with E-state index in [1.54, 1.807) is 13.1 Å². The van der Waals surface area contributed by atoms with Crippen molar-refractivity contribution in [1.82, 2.24) is 10.2 Å². The van der Waals surface area contributed by atoms with E-state index in [-0.39, 0.29) is 30.8 Å². The molecule has 2 amide bonds. The van der Waals surface area contributed by atoms with Gasteiger partial charge in [0.2, 0.25) is 5.91 Å². The maximum atomic E-state index is 12.9. The van der Waals surface area contributed by atoms with Crippen molar-refractivity contribution >= 4 is 17.8 Å². The SMILES string of the molecule is CCCCCCCCCCCCCC(=O)O[C@H]1CC[C@H](NC(=O)[C@H](OC)C(O)C(O)C(O)C=CC(C)C)C(=O)N(C)C1. The molecule has 0 bridgehead atoms. The van der Waals surface area contributed by atoms with E-state index in [0.717, 1.165) is 19.3 Å². The first-order valence-electron chi connectivity index (χ1n) is 16.0. The van der Waals surface area contributed by atoms with Crippen LogP contribution < -0.4 is 5.32 Å². The molecule has 0 aromatic heterocycles. The van der Waals surface area contributed by atoms with Gasteiger partial charge in [0, 0.05) is 20.6 Å². The van der Waals surface area contributed by atoms with Crippen LogP contribution in [0.25, 0.3) is 0 Å². The molecule has 0 aliphatic carbocycles. The van der Waals surface area contributed by atoms with Gasteiger partial charge < -0.3 is 35.0 Å². The number of methoxy groups -OCH3 is 1. The van der Waals surface area contributed by atoms with Crippen LogP contribution in [-0.2, 0) is 23.9 Å². The zero-order chi connectivity index (χ0) is 31.5. The van der Waals surface area contributed by atoms with Crippen molar-refractivity contribution in [3.63, 3.8) is 0 Å². The molecule has 6 atom stereocenters. The van der Waals surface area contributed by atoms with Gasteiger partial charge in [-0.1, -0.05) is 97.1 Å². The second-order valence-corrected chi connectivity index (χ2v) is 12.0. The highest BCUT2D eigenvalue weighted by atomic mass is 16.5. The van der Waals surface area contributed by atoms with E-state index >= 15 is 0 Å². The maximum absolute atomic E-state index is 12.9. The second kappa shape index (κ2) is 21.6. The van der Waals surface area contributed by atoms with Crippen LogP contribution in [0.5, 0.6) is 0 Å². The van der Waals surface area contributed by atoms with E-state index in [0.29, 0.717) is 12.8 Å². The summed E-state index contributed by atoms with van der Waals surface area (Å²) in [6, 6.07) is -0.911. The molecule has 42 heavy (non-hydrogen) atoms. The van der Waals surface area contributed by atoms with E-state index in [4.69, 9.17) is 9.47 Å². The topological polar surface area (TPSA) is 146 Å². The molecule has 0 aromatic carbocycles. The number of carbonyl (C=O) groups excluding carboxylic acids is 3. The molecule has 1 aliphatic heterocycles. The number of likely N-dealkylation sites (tertiary alicyclic amines) is 1. The number of allylic oxidation sites excluding steroid dienone is 1. The monoisotopic (exact) mass is 598 g/mol. The molecule has 0 saturated carbocycles. The molecule has 1 saturated heterocycles. The third-order valence-electron chi connectivity index (χ3n) is 7.74. The summed E-state index contributed by atoms with van der Waals surface area (Å²) in [5, 5.41) is 33.6. The number of aliphatic hydroxyl groups excluding tert-OH is 3. The quantitative estimate of drug-likeness (QED) is 0.0890. The van der Waals surface area contributed by atoms with E-state index < -0.39 is 42.5 Å². The van der Waals surface area contributed by atoms with Crippen molar-refractivity contribution in [1.29, 1.82) is 0 Å². The number of amides is 2. The number of nitrogens with one attached hydrogen (secondary N) is 1. The minimum Gasteiger partial charge on any atom is -0.460 e. The van der Waals surface area contributed by atoms with Crippen molar-refractivity contribution in [2.24, 2.45) is 5.92 Å². The molecule has 1 rings (SSSR count). The Morgan fingerprint density at radius 1 is 0.929 bits per heavy atom. The lowest BCUT2D eigenvalue weighted by Gasteiger charge is -2.28. The van der Waals surface area contributed by atoms with Gasteiger partial charge in [0.15, 0.2) is 6.10 Å². The molecule has 1 aliphatic rings. The number of carbonyl (C=O) groups is 3. The van der Waals surface area contributed by atoms with Crippen molar-refractivity contribution in [3.05, 3.63) is 12.2 Å². The van der Waals surface area contributed by atoms with Gasteiger partial charge in [0.1, 0.15) is 30.5 Å². The van der Waals surface area contributed by atoms with Crippen molar-refractivity contribution < 1.29 is 39.2 Å². The number of unbranched alkanes of at least 4 members (excludes halogenated alkanes) is 10. The van der Waals surface area contributed by atoms with Crippen LogP contribution in [0.4, 0.5) is 0 Å². The highest BCUT2D eigenvalue weighted by Crippen LogP contribution is 2.18. The van der Waals surface area contributed by atoms with Gasteiger partial charge in [0.05, 0.1) is 6.54 Å². The Balaban J connectivity index is 2.47. The Morgan fingerprint density at radius 2 is 1.50 bits per heavy atom. The summed E-state index contributed by atoms with van der Waals surface area (Å²) in [6.07, 6.45) is 10.4. The third kappa shape index (κ3) is 14.9. The lowest BCUT2D eigenvalue weighted by atomic mass is 10.00. The highest BCUT2D eigenvalue weighted by molar-refractivity contribution is 5.89. The van der Waals surface area contributed by atoms with Gasteiger partial charge in [0.25, 0.3) is 5.91 Å². The Hall–Kier alpha value is -2.01. The number of nitrogens with zero attached hydrogens (tertiary/aromatic N) is 1.